The molecule has 0 radical (unpaired) electrons. The fraction of sp³-hybridized carbons (Fsp3) is 0.323. The van der Waals surface area contributed by atoms with Crippen molar-refractivity contribution in [1.29, 1.82) is 0 Å². The van der Waals surface area contributed by atoms with E-state index in [0.29, 0.717) is 55.9 Å². The van der Waals surface area contributed by atoms with Crippen LogP contribution in [0.3, 0.4) is 0 Å². The first kappa shape index (κ1) is 58.2. The second-order valence-corrected chi connectivity index (χ2v) is 27.4. The van der Waals surface area contributed by atoms with Crippen LogP contribution in [0.4, 0.5) is 0 Å². The lowest BCUT2D eigenvalue weighted by molar-refractivity contribution is 0.255. The molecule has 2 aliphatic heterocycles. The topological polar surface area (TPSA) is 154 Å². The number of hydrogen-bond donors (Lipinski definition) is 1. The van der Waals surface area contributed by atoms with Crippen molar-refractivity contribution in [3.8, 4) is 0 Å². The molecule has 0 bridgehead atoms. The number of sulfonamides is 2. The highest BCUT2D eigenvalue weighted by atomic mass is 35.5. The molecule has 6 heterocycles. The first-order chi connectivity index (χ1) is 40.1. The van der Waals surface area contributed by atoms with E-state index in [1.165, 1.54) is 45.9 Å². The third-order valence-electron chi connectivity index (χ3n) is 16.6. The van der Waals surface area contributed by atoms with E-state index >= 15 is 0 Å². The number of halogens is 2. The summed E-state index contributed by atoms with van der Waals surface area (Å²) in [6.45, 7) is 6.51. The number of aryl methyl sites for hydroxylation is 1. The van der Waals surface area contributed by atoms with E-state index in [0.717, 1.165) is 90.3 Å². The van der Waals surface area contributed by atoms with Gasteiger partial charge in [0.15, 0.2) is 0 Å². The third-order valence-corrected chi connectivity index (χ3v) is 19.7. The van der Waals surface area contributed by atoms with Gasteiger partial charge in [0.25, 0.3) is 0 Å². The predicted octanol–water partition coefficient (Wildman–Crippen LogP) is 11.6. The average molecular weight is 1190 g/mol. The van der Waals surface area contributed by atoms with E-state index in [9.17, 15) is 16.8 Å². The Kier molecular flexibility index (Phi) is 18.0. The van der Waals surface area contributed by atoms with E-state index < -0.39 is 20.0 Å². The lowest BCUT2D eigenvalue weighted by Gasteiger charge is -2.35. The van der Waals surface area contributed by atoms with Gasteiger partial charge < -0.3 is 9.55 Å². The van der Waals surface area contributed by atoms with Crippen molar-refractivity contribution < 1.29 is 16.8 Å². The SMILES string of the molecule is CS(=O)(=O)N1CCC(C2c3ccc(Cl)cc3C=C(CN(Cc3ccccc3)Cc3cnc[nH]3)c3cccnc32)CC1.Cn1cnc(CN(CC2=Cc3cc(Cl)ccc3C(C3CCN(S(C)(=O)=O)CC3)c3ncccc32)Cc2ccccc2)c1. The Labute approximate surface area is 498 Å². The molecule has 4 aromatic heterocycles. The molecule has 1 N–H and O–H groups in total. The Morgan fingerprint density at radius 2 is 1.04 bits per heavy atom. The van der Waals surface area contributed by atoms with Crippen LogP contribution >= 0.6 is 23.2 Å². The molecular formula is C65H70Cl2N10O4S2. The van der Waals surface area contributed by atoms with Gasteiger partial charge in [-0.2, -0.15) is 0 Å². The number of aromatic nitrogens is 6. The molecule has 14 nitrogen and oxygen atoms in total. The van der Waals surface area contributed by atoms with E-state index in [4.69, 9.17) is 33.2 Å². The number of pyridine rings is 2. The largest absolute Gasteiger partial charge is 0.347 e. The van der Waals surface area contributed by atoms with Crippen LogP contribution in [-0.2, 0) is 53.3 Å². The molecule has 2 unspecified atom stereocenters. The molecule has 12 rings (SSSR count). The zero-order valence-corrected chi connectivity index (χ0v) is 50.2. The van der Waals surface area contributed by atoms with Gasteiger partial charge in [-0.05, 0) is 131 Å². The number of H-pyrrole nitrogens is 1. The summed E-state index contributed by atoms with van der Waals surface area (Å²) >= 11 is 13.1. The van der Waals surface area contributed by atoms with Crippen molar-refractivity contribution in [2.24, 2.45) is 18.9 Å². The van der Waals surface area contributed by atoms with Gasteiger partial charge in [-0.1, -0.05) is 108 Å². The highest BCUT2D eigenvalue weighted by Gasteiger charge is 2.38. The number of piperidine rings is 2. The molecule has 0 spiro atoms. The van der Waals surface area contributed by atoms with Crippen molar-refractivity contribution in [2.45, 2.75) is 63.7 Å². The van der Waals surface area contributed by atoms with Crippen molar-refractivity contribution >= 4 is 66.5 Å². The number of aromatic amines is 1. The lowest BCUT2D eigenvalue weighted by atomic mass is 9.76. The Morgan fingerprint density at radius 1 is 0.566 bits per heavy atom. The number of rotatable bonds is 16. The quantitative estimate of drug-likeness (QED) is 0.0989. The normalized spacial score (nSPS) is 18.0. The number of benzene rings is 4. The standard InChI is InChI=1S/C33H36ClN5O2S.C32H34ClN5O2S/c1-37-21-29(36-23-37)22-38(19-24-7-4-3-5-8-24)20-27-17-26-18-28(34)10-11-30(26)32(33-31(27)9-6-14-35-33)25-12-15-39(16-13-25)42(2,40)41;1-41(39,40)38-14-11-24(12-15-38)31-29-10-9-27(33)17-25(29)16-26(30-8-5-13-35-32(30)31)20-37(21-28-18-34-22-36-28)19-23-6-3-2-4-7-23/h3-11,14,17-18,21,23,25,32H,12-13,15-16,19-20,22H2,1-2H3;2-10,13,16-18,22,24,31H,11-12,14-15,19-21H2,1H3,(H,34,36). The van der Waals surface area contributed by atoms with E-state index in [1.807, 2.05) is 72.9 Å². The van der Waals surface area contributed by atoms with E-state index in [1.54, 1.807) is 14.9 Å². The summed E-state index contributed by atoms with van der Waals surface area (Å²) in [5.74, 6) is 0.615. The number of fused-ring (bicyclic) bond motifs is 4. The van der Waals surface area contributed by atoms with Crippen LogP contribution in [0.1, 0.15) is 105 Å². The summed E-state index contributed by atoms with van der Waals surface area (Å²) in [5, 5.41) is 1.39. The molecule has 2 aliphatic carbocycles. The number of imidazole rings is 2. The van der Waals surface area contributed by atoms with Gasteiger partial charge in [0.2, 0.25) is 20.0 Å². The van der Waals surface area contributed by atoms with Crippen LogP contribution in [0.25, 0.3) is 23.3 Å². The van der Waals surface area contributed by atoms with Crippen LogP contribution in [0.2, 0.25) is 10.0 Å². The number of nitrogens with one attached hydrogen (secondary N) is 1. The first-order valence-electron chi connectivity index (χ1n) is 28.4. The summed E-state index contributed by atoms with van der Waals surface area (Å²) in [7, 11) is -4.42. The third kappa shape index (κ3) is 14.2. The highest BCUT2D eigenvalue weighted by molar-refractivity contribution is 7.88. The molecule has 2 atom stereocenters. The first-order valence-corrected chi connectivity index (χ1v) is 32.8. The van der Waals surface area contributed by atoms with Crippen molar-refractivity contribution in [1.82, 2.24) is 47.9 Å². The molecule has 0 amide bonds. The zero-order valence-electron chi connectivity index (χ0n) is 47.1. The molecule has 2 saturated heterocycles. The molecular weight excluding hydrogens is 1120 g/mol. The van der Waals surface area contributed by atoms with Gasteiger partial charge >= 0.3 is 0 Å². The molecule has 430 valence electrons. The number of nitrogens with zero attached hydrogens (tertiary/aromatic N) is 9. The maximum absolute atomic E-state index is 12.2. The smallest absolute Gasteiger partial charge is 0.211 e. The maximum atomic E-state index is 12.2. The average Bonchev–Trinajstić information content (AvgIpc) is 2.85. The van der Waals surface area contributed by atoms with Crippen molar-refractivity contribution in [2.75, 3.05) is 51.8 Å². The van der Waals surface area contributed by atoms with Crippen molar-refractivity contribution in [3.63, 3.8) is 0 Å². The lowest BCUT2D eigenvalue weighted by Crippen LogP contribution is -2.39. The second kappa shape index (κ2) is 25.7. The van der Waals surface area contributed by atoms with Gasteiger partial charge in [0.05, 0.1) is 42.2 Å². The second-order valence-electron chi connectivity index (χ2n) is 22.6. The van der Waals surface area contributed by atoms with E-state index in [-0.39, 0.29) is 23.7 Å². The van der Waals surface area contributed by atoms with Crippen LogP contribution < -0.4 is 0 Å². The zero-order chi connectivity index (χ0) is 57.7. The Bertz CT molecular complexity index is 3830. The number of hydrogen-bond acceptors (Lipinski definition) is 10. The summed E-state index contributed by atoms with van der Waals surface area (Å²) in [5.41, 5.74) is 15.9. The molecule has 0 saturated carbocycles. The summed E-state index contributed by atoms with van der Waals surface area (Å²) in [6, 6.07) is 41.7. The minimum atomic E-state index is -3.21. The van der Waals surface area contributed by atoms with Crippen LogP contribution in [0.5, 0.6) is 0 Å². The van der Waals surface area contributed by atoms with Gasteiger partial charge in [0, 0.05) is 136 Å². The Hall–Kier alpha value is -6.60. The summed E-state index contributed by atoms with van der Waals surface area (Å²) in [4.78, 5) is 27.0. The molecule has 4 aliphatic rings. The molecule has 83 heavy (non-hydrogen) atoms. The van der Waals surface area contributed by atoms with E-state index in [2.05, 4.69) is 128 Å². The van der Waals surface area contributed by atoms with Crippen LogP contribution in [0.15, 0.2) is 159 Å². The van der Waals surface area contributed by atoms with Crippen molar-refractivity contribution in [3.05, 3.63) is 236 Å². The monoisotopic (exact) mass is 1190 g/mol. The van der Waals surface area contributed by atoms with Gasteiger partial charge in [0.1, 0.15) is 0 Å². The molecule has 4 aromatic carbocycles. The minimum Gasteiger partial charge on any atom is -0.347 e. The Morgan fingerprint density at radius 3 is 1.46 bits per heavy atom. The fourth-order valence-corrected chi connectivity index (χ4v) is 14.9. The minimum absolute atomic E-state index is 0.0438. The van der Waals surface area contributed by atoms with Crippen LogP contribution in [-0.4, -0.2) is 117 Å². The molecule has 2 fully saturated rings. The van der Waals surface area contributed by atoms with Gasteiger partial charge in [-0.25, -0.2) is 35.4 Å². The predicted molar refractivity (Wildman–Crippen MR) is 332 cm³/mol. The highest BCUT2D eigenvalue weighted by Crippen LogP contribution is 2.47. The van der Waals surface area contributed by atoms with Crippen LogP contribution in [0, 0.1) is 11.8 Å². The van der Waals surface area contributed by atoms with Gasteiger partial charge in [-0.3, -0.25) is 19.8 Å². The molecule has 8 aromatic rings. The maximum Gasteiger partial charge on any atom is 0.211 e. The fourth-order valence-electron chi connectivity index (χ4n) is 12.8. The molecule has 18 heteroatoms. The Balaban J connectivity index is 0.000000174. The summed E-state index contributed by atoms with van der Waals surface area (Å²) < 4.78 is 54.1. The van der Waals surface area contributed by atoms with Gasteiger partial charge in [-0.15, -0.1) is 0 Å². The summed E-state index contributed by atoms with van der Waals surface area (Å²) in [6.07, 6.45) is 21.6.